The topological polar surface area (TPSA) is 69.2 Å². The molecule has 0 amide bonds. The summed E-state index contributed by atoms with van der Waals surface area (Å²) in [5.74, 6) is 0.220. The zero-order chi connectivity index (χ0) is 28.1. The molecule has 0 saturated carbocycles. The van der Waals surface area contributed by atoms with Crippen LogP contribution in [0, 0.1) is 13.8 Å². The van der Waals surface area contributed by atoms with E-state index in [0.717, 1.165) is 0 Å². The molecule has 4 aromatic rings. The number of pyridine rings is 2. The van der Waals surface area contributed by atoms with Gasteiger partial charge in [0.1, 0.15) is 21.6 Å². The van der Waals surface area contributed by atoms with Crippen LogP contribution in [0.15, 0.2) is 95.5 Å². The lowest BCUT2D eigenvalue weighted by atomic mass is 10.0. The van der Waals surface area contributed by atoms with Crippen LogP contribution in [-0.4, -0.2) is 21.5 Å². The van der Waals surface area contributed by atoms with Crippen molar-refractivity contribution in [2.24, 2.45) is 0 Å². The Morgan fingerprint density at radius 2 is 1.03 bits per heavy atom. The average Bonchev–Trinajstić information content (AvgIpc) is 2.97. The second kappa shape index (κ2) is 12.6. The second-order valence-corrected chi connectivity index (χ2v) is 9.97. The number of aromatic nitrogens is 2. The van der Waals surface area contributed by atoms with Crippen molar-refractivity contribution in [1.29, 1.82) is 0 Å². The van der Waals surface area contributed by atoms with Crippen molar-refractivity contribution in [2.75, 3.05) is 0 Å². The molecule has 0 aliphatic rings. The summed E-state index contributed by atoms with van der Waals surface area (Å²) >= 11 is 25.2. The van der Waals surface area contributed by atoms with Crippen molar-refractivity contribution in [3.63, 3.8) is 0 Å². The molecule has 0 aliphatic heterocycles. The van der Waals surface area contributed by atoms with Gasteiger partial charge in [-0.1, -0.05) is 58.5 Å². The number of carbonyl (C=O) groups is 2. The Labute approximate surface area is 245 Å². The first kappa shape index (κ1) is 28.5. The first-order chi connectivity index (χ1) is 18.7. The Balaban J connectivity index is 1.53. The zero-order valence-electron chi connectivity index (χ0n) is 20.7. The number of carbonyl (C=O) groups excluding carboxylic acids is 2. The molecular formula is C30H20Cl4N2O3. The molecule has 9 heteroatoms. The molecule has 0 spiro atoms. The van der Waals surface area contributed by atoms with Crippen LogP contribution < -0.4 is 4.74 Å². The number of aryl methyl sites for hydroxylation is 2. The van der Waals surface area contributed by atoms with Gasteiger partial charge in [-0.3, -0.25) is 19.6 Å². The first-order valence-electron chi connectivity index (χ1n) is 11.6. The van der Waals surface area contributed by atoms with E-state index < -0.39 is 11.6 Å². The van der Waals surface area contributed by atoms with E-state index in [1.54, 1.807) is 73.1 Å². The van der Waals surface area contributed by atoms with E-state index in [2.05, 4.69) is 9.97 Å². The van der Waals surface area contributed by atoms with Gasteiger partial charge in [0, 0.05) is 47.0 Å². The maximum Gasteiger partial charge on any atom is 0.205 e. The fourth-order valence-corrected chi connectivity index (χ4v) is 4.45. The van der Waals surface area contributed by atoms with Crippen molar-refractivity contribution < 1.29 is 14.3 Å². The number of nitrogens with zero attached hydrogens (tertiary/aromatic N) is 2. The highest BCUT2D eigenvalue weighted by Gasteiger charge is 2.19. The Morgan fingerprint density at radius 1 is 0.615 bits per heavy atom. The average molecular weight is 598 g/mol. The SMILES string of the molecule is Cc1cc(C(=O)/C(Cl)=C(\Cl)c2cccnc2)ccc1Oc1ccc(C(=O)/C(Cl)=C(\Cl)c2cccnc2)cc1C. The number of allylic oxidation sites excluding steroid dienone is 2. The summed E-state index contributed by atoms with van der Waals surface area (Å²) in [6.45, 7) is 3.62. The third-order valence-corrected chi connectivity index (χ3v) is 7.44. The van der Waals surface area contributed by atoms with Crippen molar-refractivity contribution in [3.05, 3.63) is 129 Å². The lowest BCUT2D eigenvalue weighted by Crippen LogP contribution is -2.03. The maximum atomic E-state index is 12.9. The summed E-state index contributed by atoms with van der Waals surface area (Å²) in [7, 11) is 0. The Bertz CT molecular complexity index is 1500. The Kier molecular flexibility index (Phi) is 9.20. The van der Waals surface area contributed by atoms with E-state index in [1.165, 1.54) is 12.4 Å². The largest absolute Gasteiger partial charge is 0.457 e. The van der Waals surface area contributed by atoms with Gasteiger partial charge in [-0.05, 0) is 73.5 Å². The molecular weight excluding hydrogens is 578 g/mol. The molecule has 4 rings (SSSR count). The van der Waals surface area contributed by atoms with Crippen LogP contribution in [0.5, 0.6) is 11.5 Å². The summed E-state index contributed by atoms with van der Waals surface area (Å²) in [4.78, 5) is 33.9. The van der Waals surface area contributed by atoms with E-state index in [4.69, 9.17) is 51.1 Å². The molecule has 39 heavy (non-hydrogen) atoms. The van der Waals surface area contributed by atoms with Gasteiger partial charge in [0.15, 0.2) is 0 Å². The molecule has 0 N–H and O–H groups in total. The van der Waals surface area contributed by atoms with Gasteiger partial charge in [0.2, 0.25) is 11.6 Å². The Morgan fingerprint density at radius 3 is 1.36 bits per heavy atom. The number of ketones is 2. The summed E-state index contributed by atoms with van der Waals surface area (Å²) in [5, 5.41) is 0.0275. The molecule has 0 radical (unpaired) electrons. The summed E-state index contributed by atoms with van der Waals surface area (Å²) < 4.78 is 6.08. The van der Waals surface area contributed by atoms with E-state index in [0.29, 0.717) is 44.9 Å². The Hall–Kier alpha value is -3.48. The normalized spacial score (nSPS) is 12.4. The van der Waals surface area contributed by atoms with Crippen LogP contribution in [0.3, 0.4) is 0 Å². The summed E-state index contributed by atoms with van der Waals surface area (Å²) in [6.07, 6.45) is 6.26. The van der Waals surface area contributed by atoms with Crippen molar-refractivity contribution >= 4 is 68.0 Å². The number of rotatable bonds is 8. The van der Waals surface area contributed by atoms with Crippen LogP contribution >= 0.6 is 46.4 Å². The minimum atomic E-state index is -0.422. The van der Waals surface area contributed by atoms with E-state index >= 15 is 0 Å². The molecule has 2 aromatic heterocycles. The van der Waals surface area contributed by atoms with Crippen molar-refractivity contribution in [3.8, 4) is 11.5 Å². The van der Waals surface area contributed by atoms with Crippen molar-refractivity contribution in [1.82, 2.24) is 9.97 Å². The van der Waals surface area contributed by atoms with Crippen LogP contribution in [0.2, 0.25) is 0 Å². The van der Waals surface area contributed by atoms with Crippen LogP contribution in [0.25, 0.3) is 10.1 Å². The van der Waals surface area contributed by atoms with Gasteiger partial charge in [0.05, 0.1) is 10.1 Å². The molecule has 0 saturated heterocycles. The zero-order valence-corrected chi connectivity index (χ0v) is 23.7. The number of halogens is 4. The monoisotopic (exact) mass is 596 g/mol. The fraction of sp³-hybridized carbons (Fsp3) is 0.0667. The molecule has 2 aromatic carbocycles. The molecule has 0 bridgehead atoms. The van der Waals surface area contributed by atoms with Gasteiger partial charge in [-0.15, -0.1) is 0 Å². The van der Waals surface area contributed by atoms with E-state index in [1.807, 2.05) is 13.8 Å². The van der Waals surface area contributed by atoms with Gasteiger partial charge in [-0.25, -0.2) is 0 Å². The quantitative estimate of drug-likeness (QED) is 0.150. The van der Waals surface area contributed by atoms with Crippen molar-refractivity contribution in [2.45, 2.75) is 13.8 Å². The third-order valence-electron chi connectivity index (χ3n) is 5.71. The number of ether oxygens (including phenoxy) is 1. The number of hydrogen-bond acceptors (Lipinski definition) is 5. The van der Waals surface area contributed by atoms with Crippen LogP contribution in [-0.2, 0) is 0 Å². The van der Waals surface area contributed by atoms with Gasteiger partial charge in [0.25, 0.3) is 0 Å². The highest BCUT2D eigenvalue weighted by Crippen LogP contribution is 2.33. The smallest absolute Gasteiger partial charge is 0.205 e. The predicted molar refractivity (Wildman–Crippen MR) is 157 cm³/mol. The van der Waals surface area contributed by atoms with E-state index in [-0.39, 0.29) is 20.1 Å². The van der Waals surface area contributed by atoms with Crippen LogP contribution in [0.4, 0.5) is 0 Å². The fourth-order valence-electron chi connectivity index (χ4n) is 3.62. The highest BCUT2D eigenvalue weighted by molar-refractivity contribution is 6.61. The molecule has 2 heterocycles. The highest BCUT2D eigenvalue weighted by atomic mass is 35.5. The molecule has 196 valence electrons. The van der Waals surface area contributed by atoms with Gasteiger partial charge < -0.3 is 4.74 Å². The number of benzene rings is 2. The standard InChI is InChI=1S/C30H20Cl4N2O3/c1-17-13-19(29(37)27(33)25(31)21-5-3-11-35-15-21)7-9-23(17)39-24-10-8-20(14-18(24)2)30(38)28(34)26(32)22-6-4-12-36-16-22/h3-16H,1-2H3/b27-25+,28-26+. The molecule has 0 aliphatic carbocycles. The molecule has 0 unspecified atom stereocenters. The summed E-state index contributed by atoms with van der Waals surface area (Å²) in [5.41, 5.74) is 3.21. The third kappa shape index (κ3) is 6.57. The minimum absolute atomic E-state index is 0.106. The van der Waals surface area contributed by atoms with Gasteiger partial charge in [-0.2, -0.15) is 0 Å². The first-order valence-corrected chi connectivity index (χ1v) is 13.1. The van der Waals surface area contributed by atoms with Gasteiger partial charge >= 0.3 is 0 Å². The predicted octanol–water partition coefficient (Wildman–Crippen LogP) is 8.94. The number of hydrogen-bond donors (Lipinski definition) is 0. The summed E-state index contributed by atoms with van der Waals surface area (Å²) in [6, 6.07) is 16.8. The number of Topliss-reactive ketones (excluding diaryl/α,β-unsaturated/α-hetero) is 2. The maximum absolute atomic E-state index is 12.9. The molecule has 0 fully saturated rings. The lowest BCUT2D eigenvalue weighted by Gasteiger charge is -2.13. The van der Waals surface area contributed by atoms with E-state index in [9.17, 15) is 9.59 Å². The lowest BCUT2D eigenvalue weighted by molar-refractivity contribution is 0.103. The second-order valence-electron chi connectivity index (χ2n) is 8.46. The molecule has 5 nitrogen and oxygen atoms in total. The minimum Gasteiger partial charge on any atom is -0.457 e. The molecule has 0 atom stereocenters. The van der Waals surface area contributed by atoms with Crippen LogP contribution in [0.1, 0.15) is 43.0 Å².